The number of hydrazine groups is 1. The Kier molecular flexibility index (Phi) is 3.32. The number of ether oxygens (including phenoxy) is 1. The van der Waals surface area contributed by atoms with Crippen LogP contribution in [0.3, 0.4) is 0 Å². The van der Waals surface area contributed by atoms with Crippen molar-refractivity contribution in [2.45, 2.75) is 0 Å². The minimum atomic E-state index is -0.113. The molecule has 1 saturated heterocycles. The van der Waals surface area contributed by atoms with Crippen molar-refractivity contribution in [3.05, 3.63) is 35.9 Å². The van der Waals surface area contributed by atoms with Gasteiger partial charge in [0.15, 0.2) is 0 Å². The average Bonchev–Trinajstić information content (AvgIpc) is 2.31. The lowest BCUT2D eigenvalue weighted by atomic mass is 10.2. The van der Waals surface area contributed by atoms with Crippen LogP contribution in [0.5, 0.6) is 0 Å². The lowest BCUT2D eigenvalue weighted by Gasteiger charge is -2.26. The lowest BCUT2D eigenvalue weighted by Crippen LogP contribution is -2.48. The van der Waals surface area contributed by atoms with Crippen LogP contribution in [0.1, 0.15) is 10.4 Å². The fourth-order valence-electron chi connectivity index (χ4n) is 1.41. The fraction of sp³-hybridized carbons (Fsp3) is 0.364. The topological polar surface area (TPSA) is 41.6 Å². The molecule has 4 nitrogen and oxygen atoms in total. The molecule has 1 N–H and O–H groups in total. The van der Waals surface area contributed by atoms with Crippen molar-refractivity contribution in [2.24, 2.45) is 0 Å². The molecule has 1 aliphatic heterocycles. The number of nitrogens with zero attached hydrogens (tertiary/aromatic N) is 1. The summed E-state index contributed by atoms with van der Waals surface area (Å²) < 4.78 is 5.19. The molecule has 2 rings (SSSR count). The molecule has 1 heterocycles. The molecule has 15 heavy (non-hydrogen) atoms. The molecular weight excluding hydrogens is 192 g/mol. The van der Waals surface area contributed by atoms with Gasteiger partial charge in [-0.05, 0) is 12.1 Å². The van der Waals surface area contributed by atoms with Crippen LogP contribution in [0.2, 0.25) is 0 Å². The van der Waals surface area contributed by atoms with E-state index in [4.69, 9.17) is 4.74 Å². The van der Waals surface area contributed by atoms with Gasteiger partial charge in [0.1, 0.15) is 0 Å². The number of rotatable bonds is 2. The fourth-order valence-corrected chi connectivity index (χ4v) is 1.41. The summed E-state index contributed by atoms with van der Waals surface area (Å²) in [5.41, 5.74) is 3.38. The highest BCUT2D eigenvalue weighted by molar-refractivity contribution is 5.93. The maximum absolute atomic E-state index is 11.7. The van der Waals surface area contributed by atoms with Crippen LogP contribution in [0.15, 0.2) is 24.3 Å². The van der Waals surface area contributed by atoms with Gasteiger partial charge in [0, 0.05) is 18.7 Å². The summed E-state index contributed by atoms with van der Waals surface area (Å²) in [6.07, 6.45) is 0. The Balaban J connectivity index is 1.91. The lowest BCUT2D eigenvalue weighted by molar-refractivity contribution is 0.0126. The zero-order chi connectivity index (χ0) is 10.5. The first-order valence-electron chi connectivity index (χ1n) is 4.96. The molecule has 1 fully saturated rings. The van der Waals surface area contributed by atoms with Crippen LogP contribution in [0.4, 0.5) is 0 Å². The number of amides is 1. The van der Waals surface area contributed by atoms with E-state index in [-0.39, 0.29) is 5.91 Å². The maximum atomic E-state index is 11.7. The van der Waals surface area contributed by atoms with Crippen LogP contribution in [0.25, 0.3) is 0 Å². The molecule has 0 unspecified atom stereocenters. The van der Waals surface area contributed by atoms with E-state index in [9.17, 15) is 4.79 Å². The van der Waals surface area contributed by atoms with E-state index in [1.165, 1.54) is 0 Å². The Morgan fingerprint density at radius 1 is 1.40 bits per heavy atom. The predicted molar refractivity (Wildman–Crippen MR) is 55.1 cm³/mol. The summed E-state index contributed by atoms with van der Waals surface area (Å²) in [7, 11) is 0. The van der Waals surface area contributed by atoms with Crippen LogP contribution < -0.4 is 5.43 Å². The van der Waals surface area contributed by atoms with E-state index in [0.717, 1.165) is 13.1 Å². The second-order valence-electron chi connectivity index (χ2n) is 3.32. The first kappa shape index (κ1) is 10.1. The molecule has 0 spiro atoms. The largest absolute Gasteiger partial charge is 0.379 e. The summed E-state index contributed by atoms with van der Waals surface area (Å²) in [6.45, 7) is 2.80. The van der Waals surface area contributed by atoms with Crippen LogP contribution in [0, 0.1) is 6.07 Å². The van der Waals surface area contributed by atoms with E-state index in [0.29, 0.717) is 18.8 Å². The summed E-state index contributed by atoms with van der Waals surface area (Å²) in [5, 5.41) is 1.87. The van der Waals surface area contributed by atoms with Gasteiger partial charge in [0.05, 0.1) is 13.2 Å². The smallest absolute Gasteiger partial charge is 0.266 e. The zero-order valence-electron chi connectivity index (χ0n) is 8.40. The highest BCUT2D eigenvalue weighted by Gasteiger charge is 2.13. The second kappa shape index (κ2) is 4.91. The van der Waals surface area contributed by atoms with E-state index in [1.807, 2.05) is 17.1 Å². The molecule has 1 aliphatic rings. The highest BCUT2D eigenvalue weighted by atomic mass is 16.5. The first-order valence-corrected chi connectivity index (χ1v) is 4.96. The Bertz CT molecular complexity index is 321. The first-order chi connectivity index (χ1) is 7.36. The summed E-state index contributed by atoms with van der Waals surface area (Å²) >= 11 is 0. The SMILES string of the molecule is O=C(NN1CCOCC1)c1[c]cccc1. The van der Waals surface area contributed by atoms with Gasteiger partial charge >= 0.3 is 0 Å². The number of benzene rings is 1. The minimum absolute atomic E-state index is 0.113. The Morgan fingerprint density at radius 3 is 2.87 bits per heavy atom. The molecule has 1 aromatic rings. The molecule has 0 aromatic heterocycles. The van der Waals surface area contributed by atoms with Crippen molar-refractivity contribution < 1.29 is 9.53 Å². The number of morpholine rings is 1. The number of hydrogen-bond donors (Lipinski definition) is 1. The van der Waals surface area contributed by atoms with Crippen LogP contribution in [-0.2, 0) is 4.74 Å². The molecule has 0 atom stereocenters. The molecule has 79 valence electrons. The van der Waals surface area contributed by atoms with Gasteiger partial charge < -0.3 is 4.74 Å². The van der Waals surface area contributed by atoms with Gasteiger partial charge in [-0.3, -0.25) is 10.2 Å². The van der Waals surface area contributed by atoms with Crippen LogP contribution in [-0.4, -0.2) is 37.2 Å². The van der Waals surface area contributed by atoms with E-state index in [1.54, 1.807) is 12.1 Å². The van der Waals surface area contributed by atoms with E-state index < -0.39 is 0 Å². The van der Waals surface area contributed by atoms with Gasteiger partial charge in [-0.1, -0.05) is 18.2 Å². The molecule has 0 bridgehead atoms. The third kappa shape index (κ3) is 2.78. The van der Waals surface area contributed by atoms with Crippen molar-refractivity contribution in [1.82, 2.24) is 10.4 Å². The number of nitrogens with one attached hydrogen (secondary N) is 1. The Morgan fingerprint density at radius 2 is 2.20 bits per heavy atom. The molecule has 4 heteroatoms. The summed E-state index contributed by atoms with van der Waals surface area (Å²) in [6, 6.07) is 10.0. The number of carbonyl (C=O) groups is 1. The van der Waals surface area contributed by atoms with Gasteiger partial charge in [-0.15, -0.1) is 0 Å². The minimum Gasteiger partial charge on any atom is -0.379 e. The Hall–Kier alpha value is -1.39. The third-order valence-corrected chi connectivity index (χ3v) is 2.22. The standard InChI is InChI=1S/C11H13N2O2/c14-11(10-4-2-1-3-5-10)12-13-6-8-15-9-7-13/h1-4H,6-9H2,(H,12,14). The van der Waals surface area contributed by atoms with E-state index >= 15 is 0 Å². The van der Waals surface area contributed by atoms with Crippen molar-refractivity contribution in [3.8, 4) is 0 Å². The van der Waals surface area contributed by atoms with Gasteiger partial charge in [0.2, 0.25) is 0 Å². The normalized spacial score (nSPS) is 17.3. The van der Waals surface area contributed by atoms with Crippen LogP contribution >= 0.6 is 0 Å². The molecule has 1 radical (unpaired) electrons. The van der Waals surface area contributed by atoms with Crippen molar-refractivity contribution in [3.63, 3.8) is 0 Å². The molecular formula is C11H13N2O2. The number of hydrogen-bond acceptors (Lipinski definition) is 3. The van der Waals surface area contributed by atoms with E-state index in [2.05, 4.69) is 11.5 Å². The quantitative estimate of drug-likeness (QED) is 0.762. The number of carbonyl (C=O) groups excluding carboxylic acids is 1. The average molecular weight is 205 g/mol. The zero-order valence-corrected chi connectivity index (χ0v) is 8.40. The summed E-state index contributed by atoms with van der Waals surface area (Å²) in [4.78, 5) is 11.7. The molecule has 0 aliphatic carbocycles. The Labute approximate surface area is 88.8 Å². The highest BCUT2D eigenvalue weighted by Crippen LogP contribution is 1.99. The second-order valence-corrected chi connectivity index (χ2v) is 3.32. The molecule has 0 saturated carbocycles. The van der Waals surface area contributed by atoms with Crippen molar-refractivity contribution in [1.29, 1.82) is 0 Å². The van der Waals surface area contributed by atoms with Crippen molar-refractivity contribution in [2.75, 3.05) is 26.3 Å². The van der Waals surface area contributed by atoms with Crippen molar-refractivity contribution >= 4 is 5.91 Å². The predicted octanol–water partition coefficient (Wildman–Crippen LogP) is 0.464. The molecule has 1 aromatic carbocycles. The van der Waals surface area contributed by atoms with Gasteiger partial charge in [0.25, 0.3) is 5.91 Å². The summed E-state index contributed by atoms with van der Waals surface area (Å²) in [5.74, 6) is -0.113. The monoisotopic (exact) mass is 205 g/mol. The third-order valence-electron chi connectivity index (χ3n) is 2.22. The molecule has 1 amide bonds. The van der Waals surface area contributed by atoms with Gasteiger partial charge in [-0.2, -0.15) is 0 Å². The van der Waals surface area contributed by atoms with Gasteiger partial charge in [-0.25, -0.2) is 5.01 Å². The maximum Gasteiger partial charge on any atom is 0.266 e.